The van der Waals surface area contributed by atoms with Crippen LogP contribution in [-0.4, -0.2) is 62.1 Å². The number of carboxylic acids is 1. The molecule has 0 unspecified atom stereocenters. The Bertz CT molecular complexity index is 1030. The molecule has 0 bridgehead atoms. The standard InChI is InChI=1S/C20H22N2O7S/c1-14(29-18-8-3-2-7-17(18)20(24)25)19(23)21-15-5-4-6-16(13-15)30(26,27)22-9-11-28-12-10-22/h2-8,13-14H,9-12H2,1H3,(H,21,23)(H,24,25)/t14-/m0/s1. The first-order valence-corrected chi connectivity index (χ1v) is 10.7. The van der Waals surface area contributed by atoms with Crippen molar-refractivity contribution in [3.8, 4) is 5.75 Å². The van der Waals surface area contributed by atoms with Gasteiger partial charge >= 0.3 is 5.97 Å². The third-order valence-corrected chi connectivity index (χ3v) is 6.39. The lowest BCUT2D eigenvalue weighted by atomic mass is 10.2. The number of anilines is 1. The summed E-state index contributed by atoms with van der Waals surface area (Å²) in [7, 11) is -3.70. The molecule has 0 radical (unpaired) electrons. The van der Waals surface area contributed by atoms with Gasteiger partial charge in [-0.25, -0.2) is 13.2 Å². The molecule has 3 rings (SSSR count). The first kappa shape index (κ1) is 21.8. The number of carbonyl (C=O) groups excluding carboxylic acids is 1. The molecule has 30 heavy (non-hydrogen) atoms. The number of morpholine rings is 1. The van der Waals surface area contributed by atoms with E-state index in [1.165, 1.54) is 41.6 Å². The molecule has 1 aliphatic rings. The van der Waals surface area contributed by atoms with Gasteiger partial charge in [0, 0.05) is 18.8 Å². The monoisotopic (exact) mass is 434 g/mol. The molecular formula is C20H22N2O7S. The van der Waals surface area contributed by atoms with Crippen LogP contribution in [0.15, 0.2) is 53.4 Å². The van der Waals surface area contributed by atoms with Crippen LogP contribution in [0.2, 0.25) is 0 Å². The number of benzene rings is 2. The molecule has 1 fully saturated rings. The number of aromatic carboxylic acids is 1. The highest BCUT2D eigenvalue weighted by Gasteiger charge is 2.27. The van der Waals surface area contributed by atoms with E-state index >= 15 is 0 Å². The number of ether oxygens (including phenoxy) is 2. The van der Waals surface area contributed by atoms with Gasteiger partial charge < -0.3 is 19.9 Å². The van der Waals surface area contributed by atoms with E-state index < -0.39 is 28.0 Å². The first-order valence-electron chi connectivity index (χ1n) is 9.27. The summed E-state index contributed by atoms with van der Waals surface area (Å²) in [6.07, 6.45) is -1.01. The van der Waals surface area contributed by atoms with Crippen molar-refractivity contribution in [1.82, 2.24) is 4.31 Å². The first-order chi connectivity index (χ1) is 14.3. The van der Waals surface area contributed by atoms with E-state index in [2.05, 4.69) is 5.32 Å². The van der Waals surface area contributed by atoms with Crippen molar-refractivity contribution >= 4 is 27.6 Å². The van der Waals surface area contributed by atoms with Crippen LogP contribution in [0.4, 0.5) is 5.69 Å². The van der Waals surface area contributed by atoms with E-state index in [1.807, 2.05) is 0 Å². The smallest absolute Gasteiger partial charge is 0.339 e. The fraction of sp³-hybridized carbons (Fsp3) is 0.300. The van der Waals surface area contributed by atoms with Gasteiger partial charge in [-0.15, -0.1) is 0 Å². The summed E-state index contributed by atoms with van der Waals surface area (Å²) in [5.74, 6) is -1.65. The molecule has 2 N–H and O–H groups in total. The fourth-order valence-electron chi connectivity index (χ4n) is 2.90. The summed E-state index contributed by atoms with van der Waals surface area (Å²) in [4.78, 5) is 23.8. The molecule has 2 aromatic rings. The van der Waals surface area contributed by atoms with Crippen molar-refractivity contribution in [2.75, 3.05) is 31.6 Å². The van der Waals surface area contributed by atoms with Crippen molar-refractivity contribution in [1.29, 1.82) is 0 Å². The van der Waals surface area contributed by atoms with E-state index in [1.54, 1.807) is 18.2 Å². The zero-order chi connectivity index (χ0) is 21.7. The molecule has 2 aromatic carbocycles. The summed E-state index contributed by atoms with van der Waals surface area (Å²) in [5, 5.41) is 11.8. The minimum absolute atomic E-state index is 0.0595. The van der Waals surface area contributed by atoms with Crippen molar-refractivity contribution in [2.24, 2.45) is 0 Å². The normalized spacial score (nSPS) is 15.9. The van der Waals surface area contributed by atoms with Crippen LogP contribution in [0.3, 0.4) is 0 Å². The van der Waals surface area contributed by atoms with Gasteiger partial charge in [-0.1, -0.05) is 18.2 Å². The molecule has 1 aliphatic heterocycles. The molecule has 1 saturated heterocycles. The lowest BCUT2D eigenvalue weighted by Crippen LogP contribution is -2.40. The lowest BCUT2D eigenvalue weighted by molar-refractivity contribution is -0.122. The van der Waals surface area contributed by atoms with Crippen LogP contribution in [0.1, 0.15) is 17.3 Å². The third-order valence-electron chi connectivity index (χ3n) is 4.50. The fourth-order valence-corrected chi connectivity index (χ4v) is 4.36. The number of hydrogen-bond donors (Lipinski definition) is 2. The number of hydrogen-bond acceptors (Lipinski definition) is 6. The van der Waals surface area contributed by atoms with Crippen LogP contribution < -0.4 is 10.1 Å². The maximum atomic E-state index is 12.8. The Balaban J connectivity index is 1.71. The summed E-state index contributed by atoms with van der Waals surface area (Å²) in [6.45, 7) is 2.69. The molecule has 1 atom stereocenters. The van der Waals surface area contributed by atoms with Crippen molar-refractivity contribution in [2.45, 2.75) is 17.9 Å². The number of rotatable bonds is 7. The Kier molecular flexibility index (Phi) is 6.70. The molecule has 9 nitrogen and oxygen atoms in total. The van der Waals surface area contributed by atoms with Crippen LogP contribution in [0.5, 0.6) is 5.75 Å². The highest BCUT2D eigenvalue weighted by Crippen LogP contribution is 2.22. The van der Waals surface area contributed by atoms with E-state index in [4.69, 9.17) is 9.47 Å². The number of nitrogens with zero attached hydrogens (tertiary/aromatic N) is 1. The van der Waals surface area contributed by atoms with E-state index in [0.29, 0.717) is 13.2 Å². The second kappa shape index (κ2) is 9.24. The molecule has 160 valence electrons. The van der Waals surface area contributed by atoms with Crippen molar-refractivity contribution in [3.63, 3.8) is 0 Å². The average Bonchev–Trinajstić information content (AvgIpc) is 2.74. The van der Waals surface area contributed by atoms with Crippen LogP contribution >= 0.6 is 0 Å². The predicted molar refractivity (Wildman–Crippen MR) is 108 cm³/mol. The van der Waals surface area contributed by atoms with Crippen LogP contribution in [-0.2, 0) is 19.6 Å². The van der Waals surface area contributed by atoms with Gasteiger partial charge in [-0.3, -0.25) is 4.79 Å². The number of sulfonamides is 1. The van der Waals surface area contributed by atoms with Gasteiger partial charge in [-0.05, 0) is 37.3 Å². The van der Waals surface area contributed by atoms with Gasteiger partial charge in [0.15, 0.2) is 6.10 Å². The third kappa shape index (κ3) is 4.96. The van der Waals surface area contributed by atoms with Crippen LogP contribution in [0, 0.1) is 0 Å². The summed E-state index contributed by atoms with van der Waals surface area (Å²) in [6, 6.07) is 11.9. The molecule has 1 heterocycles. The second-order valence-corrected chi connectivity index (χ2v) is 8.53. The lowest BCUT2D eigenvalue weighted by Gasteiger charge is -2.26. The number of para-hydroxylation sites is 1. The molecule has 1 amide bonds. The zero-order valence-electron chi connectivity index (χ0n) is 16.3. The number of carboxylic acid groups (broad SMARTS) is 1. The number of amides is 1. The van der Waals surface area contributed by atoms with E-state index in [9.17, 15) is 23.1 Å². The maximum absolute atomic E-state index is 12.8. The Hall–Kier alpha value is -2.95. The molecule has 0 aliphatic carbocycles. The van der Waals surface area contributed by atoms with Gasteiger partial charge in [0.1, 0.15) is 11.3 Å². The molecule has 10 heteroatoms. The SMILES string of the molecule is C[C@H](Oc1ccccc1C(=O)O)C(=O)Nc1cccc(S(=O)(=O)N2CCOCC2)c1. The Morgan fingerprint density at radius 3 is 2.53 bits per heavy atom. The Labute approximate surface area is 174 Å². The predicted octanol–water partition coefficient (Wildman–Crippen LogP) is 1.81. The average molecular weight is 434 g/mol. The summed E-state index contributed by atoms with van der Waals surface area (Å²) in [5.41, 5.74) is 0.229. The maximum Gasteiger partial charge on any atom is 0.339 e. The summed E-state index contributed by atoms with van der Waals surface area (Å²) < 4.78 is 37.6. The van der Waals surface area contributed by atoms with Crippen molar-refractivity contribution in [3.05, 3.63) is 54.1 Å². The number of carbonyl (C=O) groups is 2. The van der Waals surface area contributed by atoms with Crippen LogP contribution in [0.25, 0.3) is 0 Å². The summed E-state index contributed by atoms with van der Waals surface area (Å²) >= 11 is 0. The zero-order valence-corrected chi connectivity index (χ0v) is 17.1. The number of nitrogens with one attached hydrogen (secondary N) is 1. The van der Waals surface area contributed by atoms with Gasteiger partial charge in [-0.2, -0.15) is 4.31 Å². The molecule has 0 spiro atoms. The van der Waals surface area contributed by atoms with E-state index in [0.717, 1.165) is 0 Å². The second-order valence-electron chi connectivity index (χ2n) is 6.59. The highest BCUT2D eigenvalue weighted by molar-refractivity contribution is 7.89. The largest absolute Gasteiger partial charge is 0.480 e. The van der Waals surface area contributed by atoms with E-state index in [-0.39, 0.29) is 35.0 Å². The quantitative estimate of drug-likeness (QED) is 0.681. The Morgan fingerprint density at radius 2 is 1.83 bits per heavy atom. The van der Waals surface area contributed by atoms with Crippen molar-refractivity contribution < 1.29 is 32.6 Å². The molecule has 0 saturated carbocycles. The minimum Gasteiger partial charge on any atom is -0.480 e. The molecule has 0 aromatic heterocycles. The minimum atomic E-state index is -3.70. The Morgan fingerprint density at radius 1 is 1.13 bits per heavy atom. The topological polar surface area (TPSA) is 122 Å². The highest BCUT2D eigenvalue weighted by atomic mass is 32.2. The van der Waals surface area contributed by atoms with Gasteiger partial charge in [0.05, 0.1) is 18.1 Å². The van der Waals surface area contributed by atoms with Gasteiger partial charge in [0.2, 0.25) is 10.0 Å². The van der Waals surface area contributed by atoms with Gasteiger partial charge in [0.25, 0.3) is 5.91 Å². The molecular weight excluding hydrogens is 412 g/mol.